The van der Waals surface area contributed by atoms with Gasteiger partial charge in [0.2, 0.25) is 11.8 Å². The van der Waals surface area contributed by atoms with Crippen LogP contribution in [0.1, 0.15) is 6.42 Å². The second kappa shape index (κ2) is 8.69. The standard InChI is InChI=1S/C23H24ClN5O2S/c1-27-8-10-28(11-9-27)23-26-19-7-4-17(13-20(19)32-23)25-22(31)15-12-21(30)29(14-15)18-5-2-16(24)3-6-18/h2-7,13,15H,8-12,14H2,1H3,(H,25,31). The van der Waals surface area contributed by atoms with Crippen LogP contribution in [0, 0.1) is 5.92 Å². The first-order chi connectivity index (χ1) is 15.5. The number of piperazine rings is 1. The zero-order chi connectivity index (χ0) is 22.2. The number of fused-ring (bicyclic) bond motifs is 1. The summed E-state index contributed by atoms with van der Waals surface area (Å²) < 4.78 is 1.04. The van der Waals surface area contributed by atoms with Gasteiger partial charge in [0.25, 0.3) is 0 Å². The topological polar surface area (TPSA) is 68.8 Å². The maximum Gasteiger partial charge on any atom is 0.229 e. The van der Waals surface area contributed by atoms with Crippen LogP contribution < -0.4 is 15.1 Å². The van der Waals surface area contributed by atoms with Gasteiger partial charge in [-0.05, 0) is 49.5 Å². The van der Waals surface area contributed by atoms with Crippen LogP contribution in [0.4, 0.5) is 16.5 Å². The lowest BCUT2D eigenvalue weighted by molar-refractivity contribution is -0.122. The summed E-state index contributed by atoms with van der Waals surface area (Å²) in [4.78, 5) is 36.4. The molecule has 2 amide bonds. The van der Waals surface area contributed by atoms with Gasteiger partial charge < -0.3 is 20.0 Å². The number of benzene rings is 2. The predicted octanol–water partition coefficient (Wildman–Crippen LogP) is 3.69. The van der Waals surface area contributed by atoms with Crippen molar-refractivity contribution < 1.29 is 9.59 Å². The molecule has 0 radical (unpaired) electrons. The summed E-state index contributed by atoms with van der Waals surface area (Å²) in [6.07, 6.45) is 0.199. The van der Waals surface area contributed by atoms with Crippen LogP contribution in [0.3, 0.4) is 0 Å². The number of aromatic nitrogens is 1. The summed E-state index contributed by atoms with van der Waals surface area (Å²) in [5, 5.41) is 4.63. The van der Waals surface area contributed by atoms with Crippen molar-refractivity contribution in [1.82, 2.24) is 9.88 Å². The number of amides is 2. The van der Waals surface area contributed by atoms with Gasteiger partial charge >= 0.3 is 0 Å². The molecule has 1 N–H and O–H groups in total. The summed E-state index contributed by atoms with van der Waals surface area (Å²) in [6.45, 7) is 4.37. The summed E-state index contributed by atoms with van der Waals surface area (Å²) in [5.74, 6) is -0.587. The number of likely N-dealkylation sites (N-methyl/N-ethyl adjacent to an activating group) is 1. The van der Waals surface area contributed by atoms with Crippen molar-refractivity contribution >= 4 is 61.5 Å². The first kappa shape index (κ1) is 21.2. The van der Waals surface area contributed by atoms with Crippen molar-refractivity contribution in [3.05, 3.63) is 47.5 Å². The third-order valence-corrected chi connectivity index (χ3v) is 7.38. The number of nitrogens with zero attached hydrogens (tertiary/aromatic N) is 4. The van der Waals surface area contributed by atoms with Gasteiger partial charge in [-0.25, -0.2) is 4.98 Å². The number of thiazole rings is 1. The fourth-order valence-electron chi connectivity index (χ4n) is 4.12. The lowest BCUT2D eigenvalue weighted by Crippen LogP contribution is -2.44. The maximum absolute atomic E-state index is 12.9. The first-order valence-corrected chi connectivity index (χ1v) is 11.9. The number of carbonyl (C=O) groups excluding carboxylic acids is 2. The number of nitrogens with one attached hydrogen (secondary N) is 1. The molecule has 0 aliphatic carbocycles. The largest absolute Gasteiger partial charge is 0.345 e. The molecule has 2 aliphatic heterocycles. The van der Waals surface area contributed by atoms with Crippen LogP contribution in [-0.2, 0) is 9.59 Å². The number of hydrogen-bond acceptors (Lipinski definition) is 6. The molecule has 3 aromatic rings. The van der Waals surface area contributed by atoms with Gasteiger partial charge in [-0.1, -0.05) is 22.9 Å². The molecule has 32 heavy (non-hydrogen) atoms. The van der Waals surface area contributed by atoms with Crippen LogP contribution in [0.15, 0.2) is 42.5 Å². The molecule has 0 bridgehead atoms. The van der Waals surface area contributed by atoms with E-state index in [9.17, 15) is 9.59 Å². The van der Waals surface area contributed by atoms with Crippen LogP contribution in [0.25, 0.3) is 10.2 Å². The van der Waals surface area contributed by atoms with Gasteiger partial charge in [-0.3, -0.25) is 9.59 Å². The lowest BCUT2D eigenvalue weighted by Gasteiger charge is -2.31. The third kappa shape index (κ3) is 4.30. The number of halogens is 1. The number of hydrogen-bond donors (Lipinski definition) is 1. The molecule has 1 aromatic heterocycles. The molecular weight excluding hydrogens is 446 g/mol. The fourth-order valence-corrected chi connectivity index (χ4v) is 5.30. The molecule has 2 fully saturated rings. The Morgan fingerprint density at radius 2 is 1.88 bits per heavy atom. The minimum Gasteiger partial charge on any atom is -0.345 e. The highest BCUT2D eigenvalue weighted by Gasteiger charge is 2.35. The van der Waals surface area contributed by atoms with Crippen LogP contribution >= 0.6 is 22.9 Å². The van der Waals surface area contributed by atoms with Crippen LogP contribution in [0.5, 0.6) is 0 Å². The average Bonchev–Trinajstić information content (AvgIpc) is 3.38. The Morgan fingerprint density at radius 3 is 2.62 bits per heavy atom. The van der Waals surface area contributed by atoms with Crippen molar-refractivity contribution in [1.29, 1.82) is 0 Å². The number of anilines is 3. The van der Waals surface area contributed by atoms with Crippen molar-refractivity contribution in [3.8, 4) is 0 Å². The quantitative estimate of drug-likeness (QED) is 0.631. The molecule has 1 atom stereocenters. The molecule has 3 heterocycles. The van der Waals surface area contributed by atoms with Gasteiger partial charge in [0.15, 0.2) is 5.13 Å². The summed E-state index contributed by atoms with van der Waals surface area (Å²) in [6, 6.07) is 12.9. The van der Waals surface area contributed by atoms with Crippen molar-refractivity contribution in [2.75, 3.05) is 54.9 Å². The molecule has 5 rings (SSSR count). The Labute approximate surface area is 195 Å². The molecule has 0 saturated carbocycles. The van der Waals surface area contributed by atoms with Gasteiger partial charge in [0.05, 0.1) is 16.1 Å². The molecule has 166 valence electrons. The Hall–Kier alpha value is -2.68. The zero-order valence-corrected chi connectivity index (χ0v) is 19.3. The molecule has 2 aliphatic rings. The Bertz CT molecular complexity index is 1160. The predicted molar refractivity (Wildman–Crippen MR) is 130 cm³/mol. The highest BCUT2D eigenvalue weighted by atomic mass is 35.5. The highest BCUT2D eigenvalue weighted by Crippen LogP contribution is 2.32. The second-order valence-corrected chi connectivity index (χ2v) is 9.79. The van der Waals surface area contributed by atoms with Crippen LogP contribution in [0.2, 0.25) is 5.02 Å². The summed E-state index contributed by atoms with van der Waals surface area (Å²) in [7, 11) is 2.14. The fraction of sp³-hybridized carbons (Fsp3) is 0.348. The van der Waals surface area contributed by atoms with Gasteiger partial charge in [0.1, 0.15) is 0 Å². The van der Waals surface area contributed by atoms with E-state index in [0.717, 1.165) is 52.9 Å². The van der Waals surface area contributed by atoms with Crippen molar-refractivity contribution in [3.63, 3.8) is 0 Å². The Morgan fingerprint density at radius 1 is 1.12 bits per heavy atom. The molecule has 0 spiro atoms. The van der Waals surface area contributed by atoms with E-state index in [4.69, 9.17) is 16.6 Å². The monoisotopic (exact) mass is 469 g/mol. The SMILES string of the molecule is CN1CCN(c2nc3ccc(NC(=O)C4CC(=O)N(c5ccc(Cl)cc5)C4)cc3s2)CC1. The molecule has 2 saturated heterocycles. The molecule has 7 nitrogen and oxygen atoms in total. The Kier molecular flexibility index (Phi) is 5.75. The zero-order valence-electron chi connectivity index (χ0n) is 17.8. The maximum atomic E-state index is 12.9. The third-order valence-electron chi connectivity index (χ3n) is 6.05. The molecular formula is C23H24ClN5O2S. The van der Waals surface area contributed by atoms with E-state index in [1.54, 1.807) is 40.5 Å². The molecule has 2 aromatic carbocycles. The van der Waals surface area contributed by atoms with Crippen molar-refractivity contribution in [2.45, 2.75) is 6.42 Å². The molecule has 1 unspecified atom stereocenters. The van der Waals surface area contributed by atoms with Gasteiger partial charge in [0, 0.05) is 55.5 Å². The summed E-state index contributed by atoms with van der Waals surface area (Å²) >= 11 is 7.59. The second-order valence-electron chi connectivity index (χ2n) is 8.34. The van der Waals surface area contributed by atoms with E-state index in [1.807, 2.05) is 18.2 Å². The first-order valence-electron chi connectivity index (χ1n) is 10.7. The lowest BCUT2D eigenvalue weighted by atomic mass is 10.1. The highest BCUT2D eigenvalue weighted by molar-refractivity contribution is 7.22. The number of carbonyl (C=O) groups is 2. The van der Waals surface area contributed by atoms with Crippen LogP contribution in [-0.4, -0.2) is 61.5 Å². The Balaban J connectivity index is 1.26. The number of rotatable bonds is 4. The smallest absolute Gasteiger partial charge is 0.229 e. The van der Waals surface area contributed by atoms with E-state index in [1.165, 1.54) is 0 Å². The summed E-state index contributed by atoms with van der Waals surface area (Å²) in [5.41, 5.74) is 2.43. The minimum atomic E-state index is -0.392. The van der Waals surface area contributed by atoms with Crippen molar-refractivity contribution in [2.24, 2.45) is 5.92 Å². The van der Waals surface area contributed by atoms with E-state index in [0.29, 0.717) is 11.6 Å². The van der Waals surface area contributed by atoms with Gasteiger partial charge in [-0.2, -0.15) is 0 Å². The van der Waals surface area contributed by atoms with E-state index in [-0.39, 0.29) is 18.2 Å². The minimum absolute atomic E-state index is 0.0535. The molecule has 9 heteroatoms. The van der Waals surface area contributed by atoms with Gasteiger partial charge in [-0.15, -0.1) is 0 Å². The van der Waals surface area contributed by atoms with E-state index in [2.05, 4.69) is 22.2 Å². The normalized spacial score (nSPS) is 19.7. The average molecular weight is 470 g/mol. The van der Waals surface area contributed by atoms with E-state index < -0.39 is 5.92 Å². The van der Waals surface area contributed by atoms with E-state index >= 15 is 0 Å².